The van der Waals surface area contributed by atoms with Gasteiger partial charge in [0, 0.05) is 38.9 Å². The first-order valence-corrected chi connectivity index (χ1v) is 8.38. The van der Waals surface area contributed by atoms with Crippen LogP contribution in [0.5, 0.6) is 0 Å². The fourth-order valence-corrected chi connectivity index (χ4v) is 2.87. The summed E-state index contributed by atoms with van der Waals surface area (Å²) in [6.45, 7) is 6.98. The number of rotatable bonds is 6. The highest BCUT2D eigenvalue weighted by atomic mass is 16.2. The molecular formula is C16H27N7O2. The molecule has 9 heteroatoms. The predicted octanol–water partition coefficient (Wildman–Crippen LogP) is -0.315. The smallest absolute Gasteiger partial charge is 0.324 e. The average molecular weight is 349 g/mol. The molecule has 138 valence electrons. The van der Waals surface area contributed by atoms with Gasteiger partial charge in [0.2, 0.25) is 5.91 Å². The van der Waals surface area contributed by atoms with Gasteiger partial charge in [0.15, 0.2) is 5.96 Å². The zero-order valence-corrected chi connectivity index (χ0v) is 15.5. The summed E-state index contributed by atoms with van der Waals surface area (Å²) in [6, 6.07) is -0.185. The summed E-state index contributed by atoms with van der Waals surface area (Å²) in [7, 11) is 3.64. The Kier molecular flexibility index (Phi) is 6.00. The van der Waals surface area contributed by atoms with Crippen LogP contribution in [0.3, 0.4) is 0 Å². The van der Waals surface area contributed by atoms with Crippen molar-refractivity contribution in [2.45, 2.75) is 33.2 Å². The van der Waals surface area contributed by atoms with E-state index in [-0.39, 0.29) is 24.5 Å². The minimum absolute atomic E-state index is 0.0760. The quantitative estimate of drug-likeness (QED) is 0.371. The Morgan fingerprint density at radius 2 is 2.12 bits per heavy atom. The zero-order valence-electron chi connectivity index (χ0n) is 15.5. The van der Waals surface area contributed by atoms with E-state index in [0.29, 0.717) is 19.0 Å². The van der Waals surface area contributed by atoms with Crippen molar-refractivity contribution in [2.24, 2.45) is 12.0 Å². The summed E-state index contributed by atoms with van der Waals surface area (Å²) in [4.78, 5) is 28.4. The van der Waals surface area contributed by atoms with E-state index >= 15 is 0 Å². The van der Waals surface area contributed by atoms with Crippen molar-refractivity contribution in [3.8, 4) is 0 Å². The van der Waals surface area contributed by atoms with Gasteiger partial charge in [-0.25, -0.2) is 4.79 Å². The van der Waals surface area contributed by atoms with Crippen molar-refractivity contribution in [3.63, 3.8) is 0 Å². The highest BCUT2D eigenvalue weighted by Gasteiger charge is 2.27. The van der Waals surface area contributed by atoms with Crippen molar-refractivity contribution in [3.05, 3.63) is 17.0 Å². The van der Waals surface area contributed by atoms with Gasteiger partial charge in [0.1, 0.15) is 0 Å². The standard InChI is InChI=1S/C16H27N7O2/c1-10(8-13-11(2)21-22(5)12(13)3)20-15(17-4)18-6-7-23-14(24)9-19-16(23)25/h10H,6-9H2,1-5H3,(H,19,25)(H2,17,18,20). The normalized spacial score (nSPS) is 16.2. The molecule has 1 aromatic heterocycles. The second kappa shape index (κ2) is 8.00. The number of aryl methyl sites for hydroxylation is 2. The molecule has 1 atom stereocenters. The largest absolute Gasteiger partial charge is 0.355 e. The Morgan fingerprint density at radius 3 is 2.64 bits per heavy atom. The Hall–Kier alpha value is -2.58. The number of hydrogen-bond acceptors (Lipinski definition) is 4. The maximum Gasteiger partial charge on any atom is 0.324 e. The van der Waals surface area contributed by atoms with E-state index in [1.165, 1.54) is 10.5 Å². The minimum Gasteiger partial charge on any atom is -0.355 e. The molecule has 0 spiro atoms. The van der Waals surface area contributed by atoms with Gasteiger partial charge in [-0.15, -0.1) is 0 Å². The monoisotopic (exact) mass is 349 g/mol. The molecule has 0 radical (unpaired) electrons. The van der Waals surface area contributed by atoms with Crippen molar-refractivity contribution < 1.29 is 9.59 Å². The average Bonchev–Trinajstić information content (AvgIpc) is 3.00. The summed E-state index contributed by atoms with van der Waals surface area (Å²) in [5.74, 6) is 0.435. The molecule has 2 heterocycles. The predicted molar refractivity (Wildman–Crippen MR) is 95.5 cm³/mol. The molecule has 3 amide bonds. The molecule has 0 aromatic carbocycles. The first-order chi connectivity index (χ1) is 11.8. The molecule has 1 unspecified atom stereocenters. The second-order valence-electron chi connectivity index (χ2n) is 6.23. The van der Waals surface area contributed by atoms with E-state index in [9.17, 15) is 9.59 Å². The number of nitrogens with one attached hydrogen (secondary N) is 3. The number of imide groups is 1. The first-order valence-electron chi connectivity index (χ1n) is 8.38. The van der Waals surface area contributed by atoms with Crippen molar-refractivity contribution in [1.29, 1.82) is 0 Å². The molecule has 0 bridgehead atoms. The van der Waals surface area contributed by atoms with Crippen molar-refractivity contribution in [1.82, 2.24) is 30.6 Å². The summed E-state index contributed by atoms with van der Waals surface area (Å²) in [5.41, 5.74) is 3.43. The van der Waals surface area contributed by atoms with Gasteiger partial charge >= 0.3 is 6.03 Å². The molecule has 9 nitrogen and oxygen atoms in total. The lowest BCUT2D eigenvalue weighted by molar-refractivity contribution is -0.124. The highest BCUT2D eigenvalue weighted by Crippen LogP contribution is 2.14. The Labute approximate surface area is 147 Å². The van der Waals surface area contributed by atoms with E-state index < -0.39 is 0 Å². The number of carbonyl (C=O) groups is 2. The van der Waals surface area contributed by atoms with Gasteiger partial charge in [0.05, 0.1) is 12.2 Å². The van der Waals surface area contributed by atoms with Crippen LogP contribution >= 0.6 is 0 Å². The molecule has 1 fully saturated rings. The van der Waals surface area contributed by atoms with Crippen LogP contribution in [0, 0.1) is 13.8 Å². The number of hydrogen-bond donors (Lipinski definition) is 3. The van der Waals surface area contributed by atoms with Crippen LogP contribution in [-0.4, -0.2) is 65.3 Å². The molecule has 1 aliphatic rings. The maximum atomic E-state index is 11.5. The molecule has 0 aliphatic carbocycles. The van der Waals surface area contributed by atoms with Crippen LogP contribution in [0.4, 0.5) is 4.79 Å². The molecule has 2 rings (SSSR count). The van der Waals surface area contributed by atoms with E-state index in [1.807, 2.05) is 18.7 Å². The molecule has 0 saturated carbocycles. The fraction of sp³-hybridized carbons (Fsp3) is 0.625. The van der Waals surface area contributed by atoms with Crippen LogP contribution in [0.1, 0.15) is 23.9 Å². The van der Waals surface area contributed by atoms with E-state index in [2.05, 4.69) is 39.9 Å². The van der Waals surface area contributed by atoms with E-state index in [4.69, 9.17) is 0 Å². The molecule has 25 heavy (non-hydrogen) atoms. The lowest BCUT2D eigenvalue weighted by atomic mass is 10.1. The second-order valence-corrected chi connectivity index (χ2v) is 6.23. The first kappa shape index (κ1) is 18.8. The van der Waals surface area contributed by atoms with Gasteiger partial charge in [-0.2, -0.15) is 5.10 Å². The molecule has 3 N–H and O–H groups in total. The summed E-state index contributed by atoms with van der Waals surface area (Å²) < 4.78 is 1.89. The Bertz CT molecular complexity index is 664. The van der Waals surface area contributed by atoms with E-state index in [0.717, 1.165) is 17.8 Å². The van der Waals surface area contributed by atoms with Gasteiger partial charge in [-0.1, -0.05) is 0 Å². The highest BCUT2D eigenvalue weighted by molar-refractivity contribution is 6.01. The summed E-state index contributed by atoms with van der Waals surface area (Å²) in [5, 5.41) is 13.4. The zero-order chi connectivity index (χ0) is 18.6. The number of aliphatic imine (C=N–C) groups is 1. The number of guanidine groups is 1. The van der Waals surface area contributed by atoms with E-state index in [1.54, 1.807) is 7.05 Å². The van der Waals surface area contributed by atoms with Gasteiger partial charge in [-0.05, 0) is 32.8 Å². The van der Waals surface area contributed by atoms with Gasteiger partial charge in [-0.3, -0.25) is 19.4 Å². The maximum absolute atomic E-state index is 11.5. The SMILES string of the molecule is CN=C(NCCN1C(=O)CNC1=O)NC(C)Cc1c(C)nn(C)c1C. The van der Waals surface area contributed by atoms with Crippen LogP contribution in [-0.2, 0) is 18.3 Å². The van der Waals surface area contributed by atoms with Gasteiger partial charge < -0.3 is 16.0 Å². The fourth-order valence-electron chi connectivity index (χ4n) is 2.87. The molecular weight excluding hydrogens is 322 g/mol. The lowest BCUT2D eigenvalue weighted by Crippen LogP contribution is -2.46. The van der Waals surface area contributed by atoms with Crippen LogP contribution in [0.15, 0.2) is 4.99 Å². The third-order valence-corrected chi connectivity index (χ3v) is 4.34. The van der Waals surface area contributed by atoms with Crippen LogP contribution < -0.4 is 16.0 Å². The summed E-state index contributed by atoms with van der Waals surface area (Å²) >= 11 is 0. The number of urea groups is 1. The Morgan fingerprint density at radius 1 is 1.40 bits per heavy atom. The van der Waals surface area contributed by atoms with Crippen molar-refractivity contribution >= 4 is 17.9 Å². The minimum atomic E-state index is -0.342. The third kappa shape index (κ3) is 4.49. The topological polar surface area (TPSA) is 104 Å². The molecule has 1 saturated heterocycles. The van der Waals surface area contributed by atoms with Gasteiger partial charge in [0.25, 0.3) is 0 Å². The number of carbonyl (C=O) groups excluding carboxylic acids is 2. The summed E-state index contributed by atoms with van der Waals surface area (Å²) in [6.07, 6.45) is 0.833. The third-order valence-electron chi connectivity index (χ3n) is 4.34. The molecule has 1 aromatic rings. The lowest BCUT2D eigenvalue weighted by Gasteiger charge is -2.19. The Balaban J connectivity index is 1.83. The van der Waals surface area contributed by atoms with Crippen molar-refractivity contribution in [2.75, 3.05) is 26.7 Å². The molecule has 1 aliphatic heterocycles. The number of amides is 3. The van der Waals surface area contributed by atoms with Crippen LogP contribution in [0.25, 0.3) is 0 Å². The number of aromatic nitrogens is 2. The van der Waals surface area contributed by atoms with Crippen LogP contribution in [0.2, 0.25) is 0 Å². The number of nitrogens with zero attached hydrogens (tertiary/aromatic N) is 4.